The van der Waals surface area contributed by atoms with Gasteiger partial charge in [-0.2, -0.15) is 0 Å². The Kier molecular flexibility index (Phi) is 18.3. The summed E-state index contributed by atoms with van der Waals surface area (Å²) in [5, 5.41) is 20.1. The number of aryl methyl sites for hydroxylation is 2. The maximum Gasteiger partial charge on any atom is 0.469 e. The molecule has 6 amide bonds. The van der Waals surface area contributed by atoms with Gasteiger partial charge in [-0.05, 0) is 56.9 Å². The summed E-state index contributed by atoms with van der Waals surface area (Å²) >= 11 is 0. The molecule has 9 N–H and O–H groups in total. The Morgan fingerprint density at radius 3 is 2.19 bits per heavy atom. The molecule has 0 saturated carbocycles. The van der Waals surface area contributed by atoms with Gasteiger partial charge in [-0.15, -0.1) is 0 Å². The van der Waals surface area contributed by atoms with Gasteiger partial charge in [-0.3, -0.25) is 33.3 Å². The van der Waals surface area contributed by atoms with Crippen LogP contribution >= 0.6 is 7.82 Å². The molecule has 1 fully saturated rings. The van der Waals surface area contributed by atoms with E-state index in [1.54, 1.807) is 12.4 Å². The van der Waals surface area contributed by atoms with Crippen LogP contribution in [0.3, 0.4) is 0 Å². The zero-order chi connectivity index (χ0) is 42.3. The Bertz CT molecular complexity index is 1720. The number of likely N-dealkylation sites (tertiary alicyclic amines) is 1. The van der Waals surface area contributed by atoms with Crippen molar-refractivity contribution in [1.82, 2.24) is 35.7 Å². The minimum atomic E-state index is -5.11. The zero-order valence-corrected chi connectivity index (χ0v) is 33.7. The molecule has 0 spiro atoms. The number of imidazole rings is 1. The maximum atomic E-state index is 14.0. The number of phosphoric acid groups is 1. The molecule has 6 atom stereocenters. The number of nitrogens with zero attached hydrogens (tertiary/aromatic N) is 3. The molecule has 1 aliphatic heterocycles. The zero-order valence-electron chi connectivity index (χ0n) is 32.8. The van der Waals surface area contributed by atoms with Gasteiger partial charge in [0.05, 0.1) is 12.7 Å². The van der Waals surface area contributed by atoms with Crippen LogP contribution in [0, 0.1) is 5.92 Å². The first-order chi connectivity index (χ1) is 26.9. The third-order valence-corrected chi connectivity index (χ3v) is 10.1. The van der Waals surface area contributed by atoms with Crippen molar-refractivity contribution < 1.29 is 52.7 Å². The lowest BCUT2D eigenvalue weighted by Gasteiger charge is -2.28. The van der Waals surface area contributed by atoms with Crippen molar-refractivity contribution in [3.63, 3.8) is 0 Å². The average molecular weight is 821 g/mol. The van der Waals surface area contributed by atoms with Crippen LogP contribution in [0.5, 0.6) is 0 Å². The Morgan fingerprint density at radius 2 is 1.58 bits per heavy atom. The first kappa shape index (κ1) is 46.7. The monoisotopic (exact) mass is 820 g/mol. The SMILES string of the molecule is CC(=O)N1CCC[C@H]1C(=O)N[C@@H](CC(C)C)C(=O)N[C@@H](Cc1nccn1CCCCCc1ccccc1)C(=O)N[C@@H](CO)C(=O)N[C@H](C(N)=O)[C@@H](C)OP(=O)(O)O. The Labute approximate surface area is 332 Å². The topological polar surface area (TPSA) is 285 Å². The highest BCUT2D eigenvalue weighted by Gasteiger charge is 2.37. The van der Waals surface area contributed by atoms with Crippen LogP contribution in [0.1, 0.15) is 77.6 Å². The predicted molar refractivity (Wildman–Crippen MR) is 206 cm³/mol. The molecule has 57 heavy (non-hydrogen) atoms. The summed E-state index contributed by atoms with van der Waals surface area (Å²) in [6.45, 7) is 6.11. The number of unbranched alkanes of at least 4 members (excludes halogenated alkanes) is 2. The normalized spacial score (nSPS) is 16.9. The highest BCUT2D eigenvalue weighted by atomic mass is 31.2. The van der Waals surface area contributed by atoms with Gasteiger partial charge < -0.3 is 51.4 Å². The van der Waals surface area contributed by atoms with E-state index in [1.807, 2.05) is 36.6 Å². The minimum Gasteiger partial charge on any atom is -0.394 e. The van der Waals surface area contributed by atoms with Crippen LogP contribution in [0.25, 0.3) is 0 Å². The quantitative estimate of drug-likeness (QED) is 0.0535. The highest BCUT2D eigenvalue weighted by molar-refractivity contribution is 7.46. The lowest BCUT2D eigenvalue weighted by Crippen LogP contribution is -2.61. The van der Waals surface area contributed by atoms with Gasteiger partial charge in [0, 0.05) is 38.8 Å². The number of nitrogens with two attached hydrogens (primary N) is 1. The number of amides is 6. The number of benzene rings is 1. The number of hydrogen-bond donors (Lipinski definition) is 8. The molecule has 0 aliphatic carbocycles. The van der Waals surface area contributed by atoms with Crippen LogP contribution in [0.15, 0.2) is 42.7 Å². The predicted octanol–water partition coefficient (Wildman–Crippen LogP) is -0.190. The molecule has 20 heteroatoms. The van der Waals surface area contributed by atoms with E-state index in [-0.39, 0.29) is 24.7 Å². The van der Waals surface area contributed by atoms with E-state index in [0.29, 0.717) is 31.8 Å². The molecule has 2 heterocycles. The van der Waals surface area contributed by atoms with Gasteiger partial charge in [-0.1, -0.05) is 50.6 Å². The molecule has 0 radical (unpaired) electrons. The molecule has 1 aliphatic rings. The number of rotatable bonds is 23. The molecule has 1 aromatic heterocycles. The standard InChI is InChI=1S/C37H57N8O11P/c1-23(2)20-27(41-37(52)30-15-11-18-45(30)25(4)47)34(49)40-28(21-31-39-16-19-44(31)17-10-6-9-14-26-12-7-5-8-13-26)35(50)42-29(22-46)36(51)43-32(33(38)48)24(3)56-57(53,54)55/h5,7-8,12-13,16,19,23-24,27-30,32,46H,6,9-11,14-15,17-18,20-22H2,1-4H3,(H2,38,48)(H,40,49)(H,41,52)(H,42,50)(H,43,51)(H2,53,54,55)/t24-,27+,28+,29+,30+,32+/m1/s1. The molecule has 316 valence electrons. The van der Waals surface area contributed by atoms with Crippen molar-refractivity contribution in [1.29, 1.82) is 0 Å². The Hall–Kier alpha value is -4.68. The smallest absolute Gasteiger partial charge is 0.394 e. The van der Waals surface area contributed by atoms with E-state index in [2.05, 4.69) is 42.9 Å². The van der Waals surface area contributed by atoms with Crippen molar-refractivity contribution >= 4 is 43.3 Å². The number of aliphatic hydroxyl groups excluding tert-OH is 1. The summed E-state index contributed by atoms with van der Waals surface area (Å²) in [6, 6.07) is 3.32. The molecule has 1 aromatic carbocycles. The van der Waals surface area contributed by atoms with Gasteiger partial charge in [0.25, 0.3) is 0 Å². The van der Waals surface area contributed by atoms with Crippen LogP contribution in [-0.4, -0.2) is 114 Å². The lowest BCUT2D eigenvalue weighted by atomic mass is 10.0. The number of carbonyl (C=O) groups is 6. The summed E-state index contributed by atoms with van der Waals surface area (Å²) in [4.78, 5) is 103. The van der Waals surface area contributed by atoms with E-state index in [9.17, 15) is 48.2 Å². The number of nitrogens with one attached hydrogen (secondary N) is 4. The van der Waals surface area contributed by atoms with Crippen LogP contribution in [-0.2, 0) is 57.2 Å². The number of hydrogen-bond acceptors (Lipinski definition) is 10. The van der Waals surface area contributed by atoms with E-state index >= 15 is 0 Å². The van der Waals surface area contributed by atoms with Gasteiger partial charge in [0.1, 0.15) is 36.0 Å². The number of aromatic nitrogens is 2. The van der Waals surface area contributed by atoms with Gasteiger partial charge in [0.2, 0.25) is 35.4 Å². The van der Waals surface area contributed by atoms with E-state index in [0.717, 1.165) is 32.6 Å². The van der Waals surface area contributed by atoms with Crippen molar-refractivity contribution in [2.45, 2.75) is 122 Å². The maximum absolute atomic E-state index is 14.0. The van der Waals surface area contributed by atoms with E-state index in [1.165, 1.54) is 17.4 Å². The van der Waals surface area contributed by atoms with Crippen LogP contribution < -0.4 is 27.0 Å². The summed E-state index contributed by atoms with van der Waals surface area (Å²) in [5.74, 6) is -4.45. The highest BCUT2D eigenvalue weighted by Crippen LogP contribution is 2.38. The fraction of sp³-hybridized carbons (Fsp3) is 0.595. The molecule has 1 saturated heterocycles. The molecular formula is C37H57N8O11P. The summed E-state index contributed by atoms with van der Waals surface area (Å²) in [6.07, 6.45) is 6.31. The second-order valence-electron chi connectivity index (χ2n) is 14.6. The fourth-order valence-corrected chi connectivity index (χ4v) is 7.19. The number of carbonyl (C=O) groups excluding carboxylic acids is 6. The molecule has 2 aromatic rings. The van der Waals surface area contributed by atoms with E-state index < -0.39 is 80.3 Å². The lowest BCUT2D eigenvalue weighted by molar-refractivity contribution is -0.139. The third-order valence-electron chi connectivity index (χ3n) is 9.52. The molecule has 3 rings (SSSR count). The van der Waals surface area contributed by atoms with Crippen molar-refractivity contribution in [2.75, 3.05) is 13.2 Å². The second kappa shape index (κ2) is 22.3. The summed E-state index contributed by atoms with van der Waals surface area (Å²) in [5.41, 5.74) is 6.57. The van der Waals surface area contributed by atoms with Gasteiger partial charge in [-0.25, -0.2) is 9.55 Å². The third kappa shape index (κ3) is 15.3. The van der Waals surface area contributed by atoms with Gasteiger partial charge >= 0.3 is 7.82 Å². The summed E-state index contributed by atoms with van der Waals surface area (Å²) in [7, 11) is -5.11. The molecule has 19 nitrogen and oxygen atoms in total. The van der Waals surface area contributed by atoms with Crippen LogP contribution in [0.4, 0.5) is 0 Å². The molecule has 0 bridgehead atoms. The molecular weight excluding hydrogens is 763 g/mol. The Morgan fingerprint density at radius 1 is 0.930 bits per heavy atom. The number of aliphatic hydroxyl groups is 1. The fourth-order valence-electron chi connectivity index (χ4n) is 6.64. The Balaban J connectivity index is 1.82. The van der Waals surface area contributed by atoms with Crippen molar-refractivity contribution in [3.05, 3.63) is 54.1 Å². The van der Waals surface area contributed by atoms with E-state index in [4.69, 9.17) is 5.73 Å². The summed E-state index contributed by atoms with van der Waals surface area (Å²) < 4.78 is 17.7. The van der Waals surface area contributed by atoms with Crippen molar-refractivity contribution in [3.8, 4) is 0 Å². The number of primary amides is 1. The average Bonchev–Trinajstić information content (AvgIpc) is 3.81. The minimum absolute atomic E-state index is 0.0841. The van der Waals surface area contributed by atoms with Crippen LogP contribution in [0.2, 0.25) is 0 Å². The van der Waals surface area contributed by atoms with Gasteiger partial charge in [0.15, 0.2) is 0 Å². The second-order valence-corrected chi connectivity index (χ2v) is 15.8. The van der Waals surface area contributed by atoms with Crippen molar-refractivity contribution in [2.24, 2.45) is 11.7 Å². The molecule has 0 unspecified atom stereocenters. The number of phosphoric ester groups is 1. The first-order valence-corrected chi connectivity index (χ1v) is 20.6. The first-order valence-electron chi connectivity index (χ1n) is 19.1. The largest absolute Gasteiger partial charge is 0.469 e.